The van der Waals surface area contributed by atoms with Gasteiger partial charge in [-0.05, 0) is 45.7 Å². The maximum Gasteiger partial charge on any atom is 0.340 e. The predicted octanol–water partition coefficient (Wildman–Crippen LogP) is 4.57. The van der Waals surface area contributed by atoms with Crippen molar-refractivity contribution >= 4 is 5.97 Å². The predicted molar refractivity (Wildman–Crippen MR) is 89.0 cm³/mol. The van der Waals surface area contributed by atoms with Gasteiger partial charge in [0.2, 0.25) is 0 Å². The van der Waals surface area contributed by atoms with Crippen LogP contribution in [0.25, 0.3) is 11.1 Å². The number of benzene rings is 1. The molecule has 2 aromatic rings. The lowest BCUT2D eigenvalue weighted by atomic mass is 9.99. The molecule has 3 heteroatoms. The Labute approximate surface area is 132 Å². The maximum absolute atomic E-state index is 12.4. The van der Waals surface area contributed by atoms with Gasteiger partial charge in [-0.1, -0.05) is 37.3 Å². The van der Waals surface area contributed by atoms with Crippen LogP contribution in [-0.4, -0.2) is 16.6 Å². The standard InChI is InChI=1S/C19H23NO2/c1-6-17-16(14-10-8-7-9-11-14)12-15(13(2)20-17)18(21)22-19(3,4)5/h7-12H,6H2,1-5H3. The number of ether oxygens (including phenoxy) is 1. The molecule has 0 spiro atoms. The van der Waals surface area contributed by atoms with Crippen molar-refractivity contribution in [1.82, 2.24) is 4.98 Å². The van der Waals surface area contributed by atoms with Gasteiger partial charge < -0.3 is 4.74 Å². The van der Waals surface area contributed by atoms with E-state index in [9.17, 15) is 4.79 Å². The highest BCUT2D eigenvalue weighted by Crippen LogP contribution is 2.26. The van der Waals surface area contributed by atoms with Crippen molar-refractivity contribution in [3.63, 3.8) is 0 Å². The summed E-state index contributed by atoms with van der Waals surface area (Å²) in [5, 5.41) is 0. The van der Waals surface area contributed by atoms with E-state index >= 15 is 0 Å². The van der Waals surface area contributed by atoms with Gasteiger partial charge in [-0.15, -0.1) is 0 Å². The summed E-state index contributed by atoms with van der Waals surface area (Å²) in [6, 6.07) is 11.9. The van der Waals surface area contributed by atoms with Crippen LogP contribution in [-0.2, 0) is 11.2 Å². The molecule has 0 aliphatic rings. The number of aromatic nitrogens is 1. The van der Waals surface area contributed by atoms with E-state index in [2.05, 4.69) is 11.9 Å². The van der Waals surface area contributed by atoms with Crippen LogP contribution in [0.5, 0.6) is 0 Å². The largest absolute Gasteiger partial charge is 0.456 e. The Bertz CT molecular complexity index is 670. The maximum atomic E-state index is 12.4. The molecule has 1 heterocycles. The van der Waals surface area contributed by atoms with Gasteiger partial charge in [-0.25, -0.2) is 4.79 Å². The highest BCUT2D eigenvalue weighted by atomic mass is 16.6. The molecule has 0 aliphatic heterocycles. The number of pyridine rings is 1. The molecule has 0 amide bonds. The van der Waals surface area contributed by atoms with Crippen molar-refractivity contribution in [1.29, 1.82) is 0 Å². The molecule has 1 aromatic carbocycles. The zero-order valence-corrected chi connectivity index (χ0v) is 13.9. The Balaban J connectivity index is 2.51. The third-order valence-corrected chi connectivity index (χ3v) is 3.33. The minimum atomic E-state index is -0.514. The Hall–Kier alpha value is -2.16. The van der Waals surface area contributed by atoms with E-state index < -0.39 is 5.60 Å². The second kappa shape index (κ2) is 6.30. The molecule has 22 heavy (non-hydrogen) atoms. The SMILES string of the molecule is CCc1nc(C)c(C(=O)OC(C)(C)C)cc1-c1ccccc1. The number of carbonyl (C=O) groups is 1. The lowest BCUT2D eigenvalue weighted by Gasteiger charge is -2.20. The van der Waals surface area contributed by atoms with Crippen molar-refractivity contribution in [2.24, 2.45) is 0 Å². The van der Waals surface area contributed by atoms with Gasteiger partial charge in [0.15, 0.2) is 0 Å². The number of nitrogens with zero attached hydrogens (tertiary/aromatic N) is 1. The molecule has 0 radical (unpaired) electrons. The summed E-state index contributed by atoms with van der Waals surface area (Å²) in [6.07, 6.45) is 0.819. The number of rotatable bonds is 3. The van der Waals surface area contributed by atoms with Crippen LogP contribution < -0.4 is 0 Å². The van der Waals surface area contributed by atoms with Gasteiger partial charge >= 0.3 is 5.97 Å². The highest BCUT2D eigenvalue weighted by molar-refractivity contribution is 5.92. The molecular weight excluding hydrogens is 274 g/mol. The molecule has 0 fully saturated rings. The van der Waals surface area contributed by atoms with Crippen molar-refractivity contribution in [2.75, 3.05) is 0 Å². The Morgan fingerprint density at radius 3 is 2.36 bits per heavy atom. The fourth-order valence-electron chi connectivity index (χ4n) is 2.33. The average Bonchev–Trinajstić information content (AvgIpc) is 2.45. The van der Waals surface area contributed by atoms with Crippen LogP contribution in [0.2, 0.25) is 0 Å². The van der Waals surface area contributed by atoms with Gasteiger partial charge in [-0.3, -0.25) is 4.98 Å². The summed E-state index contributed by atoms with van der Waals surface area (Å²) in [5.41, 5.74) is 3.79. The third kappa shape index (κ3) is 3.73. The molecule has 0 saturated carbocycles. The first-order valence-electron chi connectivity index (χ1n) is 7.61. The second-order valence-electron chi connectivity index (χ2n) is 6.34. The Morgan fingerprint density at radius 1 is 1.18 bits per heavy atom. The van der Waals surface area contributed by atoms with Crippen LogP contribution in [0.1, 0.15) is 49.4 Å². The van der Waals surface area contributed by atoms with Gasteiger partial charge in [-0.2, -0.15) is 0 Å². The van der Waals surface area contributed by atoms with Crippen molar-refractivity contribution in [2.45, 2.75) is 46.6 Å². The minimum absolute atomic E-state index is 0.322. The smallest absolute Gasteiger partial charge is 0.340 e. The summed E-state index contributed by atoms with van der Waals surface area (Å²) >= 11 is 0. The Morgan fingerprint density at radius 2 is 1.82 bits per heavy atom. The summed E-state index contributed by atoms with van der Waals surface area (Å²) in [7, 11) is 0. The van der Waals surface area contributed by atoms with E-state index in [1.165, 1.54) is 0 Å². The van der Waals surface area contributed by atoms with E-state index in [0.29, 0.717) is 11.3 Å². The van der Waals surface area contributed by atoms with Crippen molar-refractivity contribution in [3.8, 4) is 11.1 Å². The van der Waals surface area contributed by atoms with Gasteiger partial charge in [0, 0.05) is 11.3 Å². The first kappa shape index (κ1) is 16.2. The monoisotopic (exact) mass is 297 g/mol. The van der Waals surface area contributed by atoms with Crippen LogP contribution in [0.3, 0.4) is 0 Å². The quantitative estimate of drug-likeness (QED) is 0.779. The summed E-state index contributed by atoms with van der Waals surface area (Å²) in [5.74, 6) is -0.322. The second-order valence-corrected chi connectivity index (χ2v) is 6.34. The number of esters is 1. The summed E-state index contributed by atoms with van der Waals surface area (Å²) in [4.78, 5) is 17.0. The molecule has 0 bridgehead atoms. The number of hydrogen-bond donors (Lipinski definition) is 0. The van der Waals surface area contributed by atoms with Gasteiger partial charge in [0.25, 0.3) is 0 Å². The molecule has 3 nitrogen and oxygen atoms in total. The molecule has 0 unspecified atom stereocenters. The Kier molecular flexibility index (Phi) is 4.65. The lowest BCUT2D eigenvalue weighted by molar-refractivity contribution is 0.00682. The van der Waals surface area contributed by atoms with Crippen molar-refractivity contribution < 1.29 is 9.53 Å². The van der Waals surface area contributed by atoms with Crippen LogP contribution in [0.4, 0.5) is 0 Å². The number of carbonyl (C=O) groups excluding carboxylic acids is 1. The molecule has 0 aliphatic carbocycles. The summed E-state index contributed by atoms with van der Waals surface area (Å²) < 4.78 is 5.49. The molecular formula is C19H23NO2. The van der Waals surface area contributed by atoms with E-state index in [0.717, 1.165) is 23.2 Å². The fourth-order valence-corrected chi connectivity index (χ4v) is 2.33. The molecule has 1 aromatic heterocycles. The van der Waals surface area contributed by atoms with E-state index in [-0.39, 0.29) is 5.97 Å². The number of hydrogen-bond acceptors (Lipinski definition) is 3. The van der Waals surface area contributed by atoms with E-state index in [1.54, 1.807) is 0 Å². The molecule has 2 rings (SSSR count). The van der Waals surface area contributed by atoms with E-state index in [1.807, 2.05) is 64.1 Å². The average molecular weight is 297 g/mol. The minimum Gasteiger partial charge on any atom is -0.456 e. The normalized spacial score (nSPS) is 11.3. The van der Waals surface area contributed by atoms with Crippen molar-refractivity contribution in [3.05, 3.63) is 53.3 Å². The molecule has 116 valence electrons. The van der Waals surface area contributed by atoms with Gasteiger partial charge in [0.1, 0.15) is 5.60 Å². The molecule has 0 saturated heterocycles. The zero-order valence-electron chi connectivity index (χ0n) is 13.9. The lowest BCUT2D eigenvalue weighted by Crippen LogP contribution is -2.24. The number of aryl methyl sites for hydroxylation is 2. The summed E-state index contributed by atoms with van der Waals surface area (Å²) in [6.45, 7) is 9.53. The first-order valence-corrected chi connectivity index (χ1v) is 7.61. The van der Waals surface area contributed by atoms with Crippen LogP contribution >= 0.6 is 0 Å². The van der Waals surface area contributed by atoms with Gasteiger partial charge in [0.05, 0.1) is 11.3 Å². The molecule has 0 atom stereocenters. The fraction of sp³-hybridized carbons (Fsp3) is 0.368. The topological polar surface area (TPSA) is 39.2 Å². The van der Waals surface area contributed by atoms with Crippen LogP contribution in [0.15, 0.2) is 36.4 Å². The third-order valence-electron chi connectivity index (χ3n) is 3.33. The first-order chi connectivity index (χ1) is 10.3. The highest BCUT2D eigenvalue weighted by Gasteiger charge is 2.21. The van der Waals surface area contributed by atoms with Crippen LogP contribution in [0, 0.1) is 6.92 Å². The molecule has 0 N–H and O–H groups in total. The zero-order chi connectivity index (χ0) is 16.3. The van der Waals surface area contributed by atoms with E-state index in [4.69, 9.17) is 4.74 Å².